The summed E-state index contributed by atoms with van der Waals surface area (Å²) >= 11 is 0. The molecule has 0 fully saturated rings. The maximum Gasteiger partial charge on any atom is 0.0538 e. The van der Waals surface area contributed by atoms with E-state index in [4.69, 9.17) is 5.48 Å². The Labute approximate surface area is 62.2 Å². The molecule has 0 bridgehead atoms. The summed E-state index contributed by atoms with van der Waals surface area (Å²) in [5.41, 5.74) is 1.88. The smallest absolute Gasteiger partial charge is 0.0538 e. The van der Waals surface area contributed by atoms with Crippen molar-refractivity contribution in [3.63, 3.8) is 0 Å². The highest BCUT2D eigenvalue weighted by Gasteiger charge is 2.07. The van der Waals surface area contributed by atoms with Crippen molar-refractivity contribution >= 4 is 0 Å². The van der Waals surface area contributed by atoms with Gasteiger partial charge in [-0.05, 0) is 30.4 Å². The molecule has 0 N–H and O–H groups in total. The van der Waals surface area contributed by atoms with E-state index in [1.54, 1.807) is 0 Å². The largest absolute Gasteiger partial charge is 0.0988 e. The minimum atomic E-state index is -0.209. The van der Waals surface area contributed by atoms with Crippen molar-refractivity contribution in [2.24, 2.45) is 0 Å². The van der Waals surface area contributed by atoms with Crippen molar-refractivity contribution in [2.75, 3.05) is 0 Å². The van der Waals surface area contributed by atoms with Crippen molar-refractivity contribution in [2.45, 2.75) is 19.3 Å². The lowest BCUT2D eigenvalue weighted by Crippen LogP contribution is -1.71. The van der Waals surface area contributed by atoms with Gasteiger partial charge in [0.05, 0.1) is 5.48 Å². The zero-order valence-electron chi connectivity index (χ0n) is 9.28. The summed E-state index contributed by atoms with van der Waals surface area (Å²) in [4.78, 5) is 0. The minimum absolute atomic E-state index is 0.209. The highest BCUT2D eigenvalue weighted by molar-refractivity contribution is 5.34. The van der Waals surface area contributed by atoms with Gasteiger partial charge in [0, 0.05) is 0 Å². The van der Waals surface area contributed by atoms with Crippen LogP contribution in [0.3, 0.4) is 0 Å². The lowest BCUT2D eigenvalue weighted by atomic mass is 10.1. The van der Waals surface area contributed by atoms with Gasteiger partial charge in [-0.15, -0.1) is 0 Å². The Morgan fingerprint density at radius 1 is 1.22 bits per heavy atom. The molecule has 9 heavy (non-hydrogen) atoms. The average molecular weight is 124 g/mol. The third-order valence-electron chi connectivity index (χ3n) is 1.65. The molecular formula is C9H12. The van der Waals surface area contributed by atoms with Crippen LogP contribution in [0.5, 0.6) is 0 Å². The molecule has 0 saturated heterocycles. The summed E-state index contributed by atoms with van der Waals surface area (Å²) in [6.45, 7) is -0.418. The summed E-state index contributed by atoms with van der Waals surface area (Å²) < 4.78 is 28.0. The molecule has 0 atom stereocenters. The van der Waals surface area contributed by atoms with Gasteiger partial charge in [-0.2, -0.15) is 0 Å². The van der Waals surface area contributed by atoms with E-state index < -0.39 is 0 Å². The van der Waals surface area contributed by atoms with Crippen LogP contribution >= 0.6 is 0 Å². The number of rotatable bonds is 2. The van der Waals surface area contributed by atoms with Crippen LogP contribution in [0.4, 0.5) is 0 Å². The van der Waals surface area contributed by atoms with Crippen LogP contribution in [0.1, 0.15) is 24.7 Å². The third kappa shape index (κ3) is 1.13. The fourth-order valence-corrected chi connectivity index (χ4v) is 1.12. The quantitative estimate of drug-likeness (QED) is 0.531. The molecule has 1 aliphatic carbocycles. The zero-order chi connectivity index (χ0) is 9.84. The Bertz CT molecular complexity index is 250. The molecule has 0 aliphatic heterocycles. The number of hydrogen-bond donors (Lipinski definition) is 0. The molecule has 0 nitrogen and oxygen atoms in total. The minimum Gasteiger partial charge on any atom is -0.0988 e. The van der Waals surface area contributed by atoms with Crippen LogP contribution in [-0.2, 0) is 0 Å². The topological polar surface area (TPSA) is 0 Å². The second-order valence-electron chi connectivity index (χ2n) is 2.19. The van der Waals surface area contributed by atoms with Gasteiger partial charge in [-0.1, -0.05) is 25.2 Å². The maximum absolute atomic E-state index is 6.99. The summed E-state index contributed by atoms with van der Waals surface area (Å²) in [6, 6.07) is 0. The Morgan fingerprint density at radius 3 is 2.22 bits per heavy atom. The van der Waals surface area contributed by atoms with E-state index in [0.29, 0.717) is 0 Å². The Kier molecular flexibility index (Phi) is 0.853. The number of allylic oxidation sites excluding steroid dienone is 4. The first-order valence-corrected chi connectivity index (χ1v) is 3.11. The van der Waals surface area contributed by atoms with Gasteiger partial charge in [0.1, 0.15) is 0 Å². The van der Waals surface area contributed by atoms with E-state index in [0.717, 1.165) is 30.4 Å². The Hall–Kier alpha value is -0.780. The summed E-state index contributed by atoms with van der Waals surface area (Å²) in [7, 11) is 0. The van der Waals surface area contributed by atoms with Crippen molar-refractivity contribution in [1.82, 2.24) is 0 Å². The molecule has 0 radical (unpaired) electrons. The van der Waals surface area contributed by atoms with Crippen LogP contribution in [0.2, 0.25) is 0 Å². The number of hydrogen-bond acceptors (Lipinski definition) is 0. The predicted octanol–water partition coefficient (Wildman–Crippen LogP) is 2.84. The lowest BCUT2D eigenvalue weighted by molar-refractivity contribution is 0.907. The van der Waals surface area contributed by atoms with E-state index in [1.165, 1.54) is 12.2 Å². The second kappa shape index (κ2) is 2.67. The van der Waals surface area contributed by atoms with E-state index >= 15 is 0 Å². The lowest BCUT2D eigenvalue weighted by Gasteiger charge is -1.92. The molecule has 0 amide bonds. The molecule has 1 aliphatic rings. The van der Waals surface area contributed by atoms with E-state index in [-0.39, 0.29) is 13.1 Å². The van der Waals surface area contributed by atoms with Crippen LogP contribution in [0.25, 0.3) is 0 Å². The van der Waals surface area contributed by atoms with Gasteiger partial charge in [-0.25, -0.2) is 0 Å². The monoisotopic (exact) mass is 124 g/mol. The van der Waals surface area contributed by atoms with Gasteiger partial charge >= 0.3 is 0 Å². The first kappa shape index (κ1) is 2.87. The van der Waals surface area contributed by atoms with Gasteiger partial charge < -0.3 is 0 Å². The normalized spacial score (nSPS) is 23.6. The van der Waals surface area contributed by atoms with Crippen LogP contribution in [0, 0.1) is 0 Å². The van der Waals surface area contributed by atoms with E-state index in [1.807, 2.05) is 0 Å². The Morgan fingerprint density at radius 2 is 1.78 bits per heavy atom. The molecule has 0 aromatic heterocycles. The standard InChI is InChI=1S/C9H12/c1-3-8-6-5-7-9(8)4-2/h3-4H,1-2,5-7H2/i1D2,2D2. The van der Waals surface area contributed by atoms with Crippen LogP contribution in [0.15, 0.2) is 36.4 Å². The van der Waals surface area contributed by atoms with E-state index in [9.17, 15) is 0 Å². The molecule has 0 heteroatoms. The van der Waals surface area contributed by atoms with Crippen molar-refractivity contribution in [3.8, 4) is 0 Å². The van der Waals surface area contributed by atoms with E-state index in [2.05, 4.69) is 0 Å². The van der Waals surface area contributed by atoms with Gasteiger partial charge in [0.2, 0.25) is 0 Å². The average Bonchev–Trinajstić information content (AvgIpc) is 2.34. The van der Waals surface area contributed by atoms with Crippen LogP contribution < -0.4 is 0 Å². The first-order valence-electron chi connectivity index (χ1n) is 5.11. The fraction of sp³-hybridized carbons (Fsp3) is 0.333. The molecule has 48 valence electrons. The SMILES string of the molecule is [2H]C([2H])=CC1=C(C=C([2H])[2H])CCC1. The maximum atomic E-state index is 6.99. The first-order chi connectivity index (χ1) is 6.09. The van der Waals surface area contributed by atoms with Gasteiger partial charge in [-0.3, -0.25) is 0 Å². The van der Waals surface area contributed by atoms with Gasteiger partial charge in [0.15, 0.2) is 0 Å². The molecule has 0 aromatic rings. The summed E-state index contributed by atoms with van der Waals surface area (Å²) in [6.07, 6.45) is 5.72. The molecule has 0 aromatic carbocycles. The molecule has 0 unspecified atom stereocenters. The van der Waals surface area contributed by atoms with Crippen molar-refractivity contribution in [1.29, 1.82) is 0 Å². The molecule has 1 rings (SSSR count). The molecule has 0 spiro atoms. The highest BCUT2D eigenvalue weighted by atomic mass is 14.1. The second-order valence-corrected chi connectivity index (χ2v) is 2.19. The molecule has 0 saturated carbocycles. The van der Waals surface area contributed by atoms with Crippen molar-refractivity contribution in [3.05, 3.63) is 36.4 Å². The van der Waals surface area contributed by atoms with Crippen molar-refractivity contribution < 1.29 is 5.48 Å². The molecule has 0 heterocycles. The fourth-order valence-electron chi connectivity index (χ4n) is 1.12. The molecular weight excluding hydrogens is 108 g/mol. The third-order valence-corrected chi connectivity index (χ3v) is 1.65. The highest BCUT2D eigenvalue weighted by Crippen LogP contribution is 2.26. The van der Waals surface area contributed by atoms with Gasteiger partial charge in [0.25, 0.3) is 0 Å². The summed E-state index contributed by atoms with van der Waals surface area (Å²) in [5, 5.41) is 0. The Balaban J connectivity index is 2.90. The summed E-state index contributed by atoms with van der Waals surface area (Å²) in [5.74, 6) is 0. The predicted molar refractivity (Wildman–Crippen MR) is 41.3 cm³/mol. The van der Waals surface area contributed by atoms with Crippen LogP contribution in [-0.4, -0.2) is 0 Å². The zero-order valence-corrected chi connectivity index (χ0v) is 5.28.